The van der Waals surface area contributed by atoms with Crippen molar-refractivity contribution in [2.75, 3.05) is 36.5 Å². The van der Waals surface area contributed by atoms with Gasteiger partial charge in [-0.1, -0.05) is 11.6 Å². The first-order chi connectivity index (χ1) is 16.1. The maximum Gasteiger partial charge on any atom is 0.410 e. The minimum absolute atomic E-state index is 0.0238. The first-order valence-electron chi connectivity index (χ1n) is 11.7. The number of carbonyl (C=O) groups is 1. The average Bonchev–Trinajstić information content (AvgIpc) is 3.51. The van der Waals surface area contributed by atoms with E-state index in [1.54, 1.807) is 0 Å². The number of anilines is 2. The van der Waals surface area contributed by atoms with Gasteiger partial charge in [-0.2, -0.15) is 4.98 Å². The van der Waals surface area contributed by atoms with Crippen molar-refractivity contribution in [3.8, 4) is 0 Å². The minimum atomic E-state index is -0.690. The van der Waals surface area contributed by atoms with Crippen LogP contribution < -0.4 is 10.2 Å². The highest BCUT2D eigenvalue weighted by molar-refractivity contribution is 6.30. The van der Waals surface area contributed by atoms with Crippen molar-refractivity contribution in [1.29, 1.82) is 0 Å². The molecule has 2 N–H and O–H groups in total. The number of fused-ring (bicyclic) bond motifs is 3. The third-order valence-electron chi connectivity index (χ3n) is 6.92. The van der Waals surface area contributed by atoms with E-state index in [0.29, 0.717) is 30.8 Å². The molecule has 0 radical (unpaired) electrons. The van der Waals surface area contributed by atoms with Crippen LogP contribution >= 0.6 is 11.6 Å². The van der Waals surface area contributed by atoms with Crippen LogP contribution in [0.4, 0.5) is 21.0 Å². The Morgan fingerprint density at radius 3 is 2.56 bits per heavy atom. The number of pyridine rings is 1. The van der Waals surface area contributed by atoms with Gasteiger partial charge in [0.25, 0.3) is 0 Å². The van der Waals surface area contributed by atoms with Gasteiger partial charge in [0.2, 0.25) is 5.95 Å². The van der Waals surface area contributed by atoms with Crippen molar-refractivity contribution in [3.05, 3.63) is 17.2 Å². The zero-order valence-corrected chi connectivity index (χ0v) is 20.4. The zero-order valence-electron chi connectivity index (χ0n) is 19.6. The maximum absolute atomic E-state index is 14.9. The molecule has 184 valence electrons. The van der Waals surface area contributed by atoms with Crippen LogP contribution in [0.2, 0.25) is 5.15 Å². The molecule has 9 nitrogen and oxygen atoms in total. The van der Waals surface area contributed by atoms with Crippen LogP contribution in [-0.4, -0.2) is 75.0 Å². The number of aliphatic hydroxyl groups excluding tert-OH is 1. The standard InChI is InChI=1S/C23H30ClFN6O3/c1-22(2,3)34-21(33)31-13-4-5-14(31)10-30(9-13)19-15-8-26-18(24)16(25)17(15)28-20(29-19)27-11-23(12-32)6-7-23/h8,13-14,32H,4-7,9-12H2,1-3H3,(H,27,28,29). The number of rotatable bonds is 5. The third kappa shape index (κ3) is 4.33. The number of aromatic nitrogens is 3. The lowest BCUT2D eigenvalue weighted by molar-refractivity contribution is 0.0123. The molecule has 2 aromatic heterocycles. The largest absolute Gasteiger partial charge is 0.444 e. The summed E-state index contributed by atoms with van der Waals surface area (Å²) in [6.45, 7) is 7.27. The number of hydrogen-bond acceptors (Lipinski definition) is 8. The Bertz CT molecular complexity index is 1110. The second-order valence-electron chi connectivity index (χ2n) is 10.7. The van der Waals surface area contributed by atoms with Gasteiger partial charge in [-0.3, -0.25) is 4.90 Å². The number of hydrogen-bond donors (Lipinski definition) is 2. The predicted molar refractivity (Wildman–Crippen MR) is 127 cm³/mol. The predicted octanol–water partition coefficient (Wildman–Crippen LogP) is 3.59. The van der Waals surface area contributed by atoms with Crippen LogP contribution in [0.5, 0.6) is 0 Å². The van der Waals surface area contributed by atoms with Gasteiger partial charge in [0.15, 0.2) is 11.0 Å². The molecule has 2 aliphatic heterocycles. The Balaban J connectivity index is 1.45. The Kier molecular flexibility index (Phi) is 5.71. The number of amides is 1. The number of nitrogens with zero attached hydrogens (tertiary/aromatic N) is 5. The molecule has 2 aromatic rings. The molecule has 0 spiro atoms. The van der Waals surface area contributed by atoms with E-state index in [1.165, 1.54) is 6.20 Å². The summed E-state index contributed by atoms with van der Waals surface area (Å²) in [7, 11) is 0. The Morgan fingerprint density at radius 1 is 1.29 bits per heavy atom. The molecule has 3 fully saturated rings. The summed E-state index contributed by atoms with van der Waals surface area (Å²) in [5.41, 5.74) is -0.624. The average molecular weight is 493 g/mol. The minimum Gasteiger partial charge on any atom is -0.444 e. The number of nitrogens with one attached hydrogen (secondary N) is 1. The molecule has 11 heteroatoms. The summed E-state index contributed by atoms with van der Waals surface area (Å²) in [6.07, 6.45) is 4.79. The second-order valence-corrected chi connectivity index (χ2v) is 11.0. The van der Waals surface area contributed by atoms with Crippen molar-refractivity contribution in [1.82, 2.24) is 19.9 Å². The van der Waals surface area contributed by atoms with Gasteiger partial charge in [-0.05, 0) is 46.5 Å². The first-order valence-corrected chi connectivity index (χ1v) is 12.1. The summed E-state index contributed by atoms with van der Waals surface area (Å²) in [4.78, 5) is 29.8. The van der Waals surface area contributed by atoms with Crippen LogP contribution in [0.15, 0.2) is 6.20 Å². The summed E-state index contributed by atoms with van der Waals surface area (Å²) >= 11 is 5.95. The number of halogens is 2. The maximum atomic E-state index is 14.9. The smallest absolute Gasteiger partial charge is 0.410 e. The van der Waals surface area contributed by atoms with Crippen LogP contribution in [0, 0.1) is 11.2 Å². The summed E-state index contributed by atoms with van der Waals surface area (Å²) in [6, 6.07) is -0.0477. The number of carbonyl (C=O) groups excluding carboxylic acids is 1. The second kappa shape index (κ2) is 8.34. The molecule has 2 bridgehead atoms. The highest BCUT2D eigenvalue weighted by atomic mass is 35.5. The van der Waals surface area contributed by atoms with E-state index in [4.69, 9.17) is 21.3 Å². The molecule has 34 heavy (non-hydrogen) atoms. The summed E-state index contributed by atoms with van der Waals surface area (Å²) in [5.74, 6) is 0.153. The fourth-order valence-corrected chi connectivity index (χ4v) is 5.00. The Labute approximate surface area is 202 Å². The summed E-state index contributed by atoms with van der Waals surface area (Å²) < 4.78 is 20.6. The van der Waals surface area contributed by atoms with Gasteiger partial charge in [0.05, 0.1) is 24.1 Å². The lowest BCUT2D eigenvalue weighted by atomic mass is 10.1. The number of ether oxygens (including phenoxy) is 1. The molecule has 2 atom stereocenters. The van der Waals surface area contributed by atoms with Gasteiger partial charge >= 0.3 is 6.09 Å². The Hall–Kier alpha value is -2.46. The van der Waals surface area contributed by atoms with E-state index in [0.717, 1.165) is 25.7 Å². The van der Waals surface area contributed by atoms with Crippen molar-refractivity contribution < 1.29 is 19.0 Å². The van der Waals surface area contributed by atoms with Crippen LogP contribution in [0.1, 0.15) is 46.5 Å². The molecule has 3 aliphatic rings. The first kappa shape index (κ1) is 23.3. The molecule has 1 saturated carbocycles. The van der Waals surface area contributed by atoms with E-state index in [9.17, 15) is 14.3 Å². The highest BCUT2D eigenvalue weighted by Gasteiger charge is 2.45. The lowest BCUT2D eigenvalue weighted by Gasteiger charge is -2.42. The van der Waals surface area contributed by atoms with Crippen molar-refractivity contribution in [2.24, 2.45) is 5.41 Å². The zero-order chi connectivity index (χ0) is 24.3. The van der Waals surface area contributed by atoms with Crippen LogP contribution in [-0.2, 0) is 4.74 Å². The fraction of sp³-hybridized carbons (Fsp3) is 0.652. The lowest BCUT2D eigenvalue weighted by Crippen LogP contribution is -2.57. The van der Waals surface area contributed by atoms with E-state index in [1.807, 2.05) is 25.7 Å². The van der Waals surface area contributed by atoms with E-state index in [2.05, 4.69) is 20.2 Å². The van der Waals surface area contributed by atoms with Gasteiger partial charge in [0, 0.05) is 31.2 Å². The molecule has 4 heterocycles. The van der Waals surface area contributed by atoms with Gasteiger partial charge in [-0.25, -0.2) is 19.2 Å². The topological polar surface area (TPSA) is 104 Å². The quantitative estimate of drug-likeness (QED) is 0.610. The van der Waals surface area contributed by atoms with Crippen molar-refractivity contribution in [2.45, 2.75) is 64.1 Å². The summed E-state index contributed by atoms with van der Waals surface area (Å²) in [5, 5.41) is 13.0. The van der Waals surface area contributed by atoms with Crippen molar-refractivity contribution in [3.63, 3.8) is 0 Å². The van der Waals surface area contributed by atoms with Gasteiger partial charge in [-0.15, -0.1) is 0 Å². The van der Waals surface area contributed by atoms with Crippen LogP contribution in [0.25, 0.3) is 10.9 Å². The monoisotopic (exact) mass is 492 g/mol. The van der Waals surface area contributed by atoms with E-state index < -0.39 is 11.4 Å². The van der Waals surface area contributed by atoms with Crippen molar-refractivity contribution >= 4 is 40.4 Å². The molecular weight excluding hydrogens is 463 g/mol. The fourth-order valence-electron chi connectivity index (χ4n) is 4.86. The van der Waals surface area contributed by atoms with E-state index >= 15 is 0 Å². The Morgan fingerprint density at radius 2 is 1.97 bits per heavy atom. The molecule has 1 aliphatic carbocycles. The van der Waals surface area contributed by atoms with Gasteiger partial charge in [0.1, 0.15) is 16.9 Å². The van der Waals surface area contributed by atoms with E-state index in [-0.39, 0.29) is 46.8 Å². The van der Waals surface area contributed by atoms with Crippen LogP contribution in [0.3, 0.4) is 0 Å². The number of aliphatic hydroxyl groups is 1. The third-order valence-corrected chi connectivity index (χ3v) is 7.19. The normalized spacial score (nSPS) is 23.4. The molecule has 5 rings (SSSR count). The van der Waals surface area contributed by atoms with Gasteiger partial charge < -0.3 is 20.1 Å². The molecule has 0 aromatic carbocycles. The highest BCUT2D eigenvalue weighted by Crippen LogP contribution is 2.45. The molecular formula is C23H30ClFN6O3. The molecule has 2 unspecified atom stereocenters. The molecule has 1 amide bonds. The SMILES string of the molecule is CC(C)(C)OC(=O)N1C2CCC1CN(c1nc(NCC3(CO)CC3)nc3c(F)c(Cl)ncc13)C2. The molecule has 2 saturated heterocycles. The number of piperazine rings is 1.